The van der Waals surface area contributed by atoms with Gasteiger partial charge < -0.3 is 24.4 Å². The molecule has 0 aliphatic carbocycles. The minimum Gasteiger partial charge on any atom is -0.540 e. The summed E-state index contributed by atoms with van der Waals surface area (Å²) in [5.74, 6) is -2.34. The van der Waals surface area contributed by atoms with Gasteiger partial charge in [-0.15, -0.1) is 0 Å². The summed E-state index contributed by atoms with van der Waals surface area (Å²) in [6.45, 7) is 2.82. The van der Waals surface area contributed by atoms with Gasteiger partial charge in [-0.05, 0) is 19.1 Å². The van der Waals surface area contributed by atoms with Crippen LogP contribution in [0.15, 0.2) is 24.3 Å². The largest absolute Gasteiger partial charge is 0.540 e. The average molecular weight is 305 g/mol. The fourth-order valence-corrected chi connectivity index (χ4v) is 2.16. The zero-order valence-electron chi connectivity index (χ0n) is 12.3. The summed E-state index contributed by atoms with van der Waals surface area (Å²) < 4.78 is 5.41. The van der Waals surface area contributed by atoms with Crippen LogP contribution in [0.3, 0.4) is 0 Å². The number of aryl methyl sites for hydroxylation is 1. The molecular formula is C15H17N2O5-. The highest BCUT2D eigenvalue weighted by Crippen LogP contribution is 2.11. The molecule has 0 unspecified atom stereocenters. The summed E-state index contributed by atoms with van der Waals surface area (Å²) in [7, 11) is 0. The maximum Gasteiger partial charge on any atom is 0.269 e. The highest BCUT2D eigenvalue weighted by atomic mass is 16.5. The maximum atomic E-state index is 12.0. The summed E-state index contributed by atoms with van der Waals surface area (Å²) in [5.41, 5.74) is 1.10. The number of aliphatic carboxylic acids is 1. The van der Waals surface area contributed by atoms with Crippen LogP contribution >= 0.6 is 0 Å². The van der Waals surface area contributed by atoms with Crippen molar-refractivity contribution in [2.24, 2.45) is 0 Å². The van der Waals surface area contributed by atoms with Crippen molar-refractivity contribution >= 4 is 17.8 Å². The van der Waals surface area contributed by atoms with E-state index >= 15 is 0 Å². The third-order valence-electron chi connectivity index (χ3n) is 3.48. The molecule has 0 spiro atoms. The zero-order valence-corrected chi connectivity index (χ0v) is 12.3. The van der Waals surface area contributed by atoms with Crippen molar-refractivity contribution in [1.29, 1.82) is 0 Å². The number of carboxylic acids is 1. The SMILES string of the molecule is Cc1ccc(OCC(=O)N2CCN(C(=O)C(=O)[O-])CC2)cc1. The predicted octanol–water partition coefficient (Wildman–Crippen LogP) is -1.21. The molecular weight excluding hydrogens is 288 g/mol. The highest BCUT2D eigenvalue weighted by molar-refractivity contribution is 6.30. The molecule has 2 rings (SSSR count). The quantitative estimate of drug-likeness (QED) is 0.654. The van der Waals surface area contributed by atoms with Crippen LogP contribution in [0.25, 0.3) is 0 Å². The Morgan fingerprint density at radius 1 is 1.05 bits per heavy atom. The van der Waals surface area contributed by atoms with Crippen LogP contribution in [0.4, 0.5) is 0 Å². The first-order valence-electron chi connectivity index (χ1n) is 6.95. The molecule has 1 aliphatic heterocycles. The van der Waals surface area contributed by atoms with E-state index < -0.39 is 11.9 Å². The van der Waals surface area contributed by atoms with E-state index in [1.807, 2.05) is 19.1 Å². The predicted molar refractivity (Wildman–Crippen MR) is 74.8 cm³/mol. The number of hydrogen-bond donors (Lipinski definition) is 0. The number of carbonyl (C=O) groups excluding carboxylic acids is 3. The summed E-state index contributed by atoms with van der Waals surface area (Å²) in [6.07, 6.45) is 0. The third kappa shape index (κ3) is 3.97. The van der Waals surface area contributed by atoms with Gasteiger partial charge in [-0.2, -0.15) is 0 Å². The molecule has 1 aliphatic rings. The molecule has 0 atom stereocenters. The van der Waals surface area contributed by atoms with Crippen molar-refractivity contribution in [1.82, 2.24) is 9.80 Å². The second-order valence-electron chi connectivity index (χ2n) is 5.06. The van der Waals surface area contributed by atoms with Crippen molar-refractivity contribution in [2.75, 3.05) is 32.8 Å². The lowest BCUT2D eigenvalue weighted by Gasteiger charge is -2.34. The topological polar surface area (TPSA) is 90.0 Å². The monoisotopic (exact) mass is 305 g/mol. The van der Waals surface area contributed by atoms with E-state index in [1.54, 1.807) is 17.0 Å². The summed E-state index contributed by atoms with van der Waals surface area (Å²) in [4.78, 5) is 36.5. The van der Waals surface area contributed by atoms with Crippen LogP contribution in [0.1, 0.15) is 5.56 Å². The maximum absolute atomic E-state index is 12.0. The van der Waals surface area contributed by atoms with Gasteiger partial charge in [-0.3, -0.25) is 9.59 Å². The number of carboxylic acid groups (broad SMARTS) is 1. The van der Waals surface area contributed by atoms with Crippen LogP contribution in [-0.4, -0.2) is 60.4 Å². The van der Waals surface area contributed by atoms with Crippen LogP contribution in [0.2, 0.25) is 0 Å². The Morgan fingerprint density at radius 2 is 1.59 bits per heavy atom. The molecule has 118 valence electrons. The molecule has 2 amide bonds. The van der Waals surface area contributed by atoms with E-state index in [4.69, 9.17) is 4.74 Å². The Morgan fingerprint density at radius 3 is 2.14 bits per heavy atom. The zero-order chi connectivity index (χ0) is 16.1. The average Bonchev–Trinajstić information content (AvgIpc) is 2.53. The summed E-state index contributed by atoms with van der Waals surface area (Å²) in [5, 5.41) is 10.5. The lowest BCUT2D eigenvalue weighted by atomic mass is 10.2. The fraction of sp³-hybridized carbons (Fsp3) is 0.400. The molecule has 0 saturated carbocycles. The summed E-state index contributed by atoms with van der Waals surface area (Å²) in [6, 6.07) is 7.37. The molecule has 1 aromatic carbocycles. The molecule has 1 fully saturated rings. The minimum absolute atomic E-state index is 0.0858. The lowest BCUT2D eigenvalue weighted by molar-refractivity contribution is -0.301. The van der Waals surface area contributed by atoms with Crippen molar-refractivity contribution in [3.05, 3.63) is 29.8 Å². The van der Waals surface area contributed by atoms with Crippen molar-refractivity contribution in [3.63, 3.8) is 0 Å². The Hall–Kier alpha value is -2.57. The Balaban J connectivity index is 1.79. The number of amides is 2. The molecule has 0 radical (unpaired) electrons. The van der Waals surface area contributed by atoms with Crippen LogP contribution in [-0.2, 0) is 14.4 Å². The first-order valence-corrected chi connectivity index (χ1v) is 6.95. The second-order valence-corrected chi connectivity index (χ2v) is 5.06. The van der Waals surface area contributed by atoms with Crippen LogP contribution < -0.4 is 9.84 Å². The smallest absolute Gasteiger partial charge is 0.269 e. The number of nitrogens with zero attached hydrogens (tertiary/aromatic N) is 2. The molecule has 7 nitrogen and oxygen atoms in total. The van der Waals surface area contributed by atoms with Gasteiger partial charge in [0.05, 0.1) is 0 Å². The number of carbonyl (C=O) groups is 3. The van der Waals surface area contributed by atoms with Gasteiger partial charge in [0.25, 0.3) is 11.8 Å². The van der Waals surface area contributed by atoms with Gasteiger partial charge in [-0.25, -0.2) is 0 Å². The van der Waals surface area contributed by atoms with Crippen LogP contribution in [0, 0.1) is 6.92 Å². The minimum atomic E-state index is -1.72. The second kappa shape index (κ2) is 6.93. The lowest BCUT2D eigenvalue weighted by Crippen LogP contribution is -2.55. The summed E-state index contributed by atoms with van der Waals surface area (Å²) >= 11 is 0. The van der Waals surface area contributed by atoms with E-state index in [2.05, 4.69) is 0 Å². The van der Waals surface area contributed by atoms with Crippen molar-refractivity contribution in [2.45, 2.75) is 6.92 Å². The van der Waals surface area contributed by atoms with Gasteiger partial charge in [0.1, 0.15) is 11.7 Å². The first-order chi connectivity index (χ1) is 10.5. The highest BCUT2D eigenvalue weighted by Gasteiger charge is 2.24. The molecule has 0 bridgehead atoms. The van der Waals surface area contributed by atoms with E-state index in [0.717, 1.165) is 5.56 Å². The number of piperazine rings is 1. The number of hydrogen-bond acceptors (Lipinski definition) is 5. The Kier molecular flexibility index (Phi) is 4.98. The Bertz CT molecular complexity index is 562. The molecule has 1 saturated heterocycles. The van der Waals surface area contributed by atoms with Gasteiger partial charge in [0, 0.05) is 26.2 Å². The molecule has 7 heteroatoms. The molecule has 0 N–H and O–H groups in total. The van der Waals surface area contributed by atoms with Gasteiger partial charge in [0.2, 0.25) is 0 Å². The van der Waals surface area contributed by atoms with E-state index in [-0.39, 0.29) is 38.7 Å². The molecule has 1 heterocycles. The van der Waals surface area contributed by atoms with Crippen molar-refractivity contribution in [3.8, 4) is 5.75 Å². The van der Waals surface area contributed by atoms with Gasteiger partial charge in [-0.1, -0.05) is 17.7 Å². The molecule has 0 aromatic heterocycles. The molecule has 1 aromatic rings. The Labute approximate surface area is 128 Å². The third-order valence-corrected chi connectivity index (χ3v) is 3.48. The molecule has 22 heavy (non-hydrogen) atoms. The number of benzene rings is 1. The van der Waals surface area contributed by atoms with Gasteiger partial charge in [0.15, 0.2) is 6.61 Å². The van der Waals surface area contributed by atoms with Crippen molar-refractivity contribution < 1.29 is 24.2 Å². The standard InChI is InChI=1S/C15H18N2O5/c1-11-2-4-12(5-3-11)22-10-13(18)16-6-8-17(9-7-16)14(19)15(20)21/h2-5H,6-10H2,1H3,(H,20,21)/p-1. The normalized spacial score (nSPS) is 14.6. The first kappa shape index (κ1) is 15.8. The van der Waals surface area contributed by atoms with Gasteiger partial charge >= 0.3 is 0 Å². The van der Waals surface area contributed by atoms with E-state index in [1.165, 1.54) is 4.90 Å². The van der Waals surface area contributed by atoms with E-state index in [0.29, 0.717) is 5.75 Å². The number of rotatable bonds is 3. The fourth-order valence-electron chi connectivity index (χ4n) is 2.16. The van der Waals surface area contributed by atoms with Crippen LogP contribution in [0.5, 0.6) is 5.75 Å². The van der Waals surface area contributed by atoms with E-state index in [9.17, 15) is 19.5 Å². The number of ether oxygens (including phenoxy) is 1.